The van der Waals surface area contributed by atoms with Gasteiger partial charge in [-0.2, -0.15) is 0 Å². The largest absolute Gasteiger partial charge is 0.497 e. The van der Waals surface area contributed by atoms with E-state index in [9.17, 15) is 0 Å². The number of rotatable bonds is 4. The van der Waals surface area contributed by atoms with Crippen LogP contribution in [0.5, 0.6) is 11.5 Å². The number of nitrogens with zero attached hydrogens (tertiary/aromatic N) is 2. The first kappa shape index (κ1) is 11.4. The Hall–Kier alpha value is -2.10. The van der Waals surface area contributed by atoms with Gasteiger partial charge >= 0.3 is 0 Å². The predicted molar refractivity (Wildman–Crippen MR) is 64.4 cm³/mol. The van der Waals surface area contributed by atoms with Crippen LogP contribution in [0, 0.1) is 0 Å². The maximum atomic E-state index is 5.34. The zero-order chi connectivity index (χ0) is 12.1. The summed E-state index contributed by atoms with van der Waals surface area (Å²) in [5.41, 5.74) is 2.14. The summed E-state index contributed by atoms with van der Waals surface area (Å²) in [5.74, 6) is 1.60. The Labute approximate surface area is 100 Å². The highest BCUT2D eigenvalue weighted by molar-refractivity contribution is 5.42. The number of benzene rings is 1. The monoisotopic (exact) mass is 230 g/mol. The van der Waals surface area contributed by atoms with E-state index >= 15 is 0 Å². The maximum Gasteiger partial charge on any atom is 0.126 e. The summed E-state index contributed by atoms with van der Waals surface area (Å²) < 4.78 is 10.5. The van der Waals surface area contributed by atoms with Crippen LogP contribution in [0.4, 0.5) is 0 Å². The van der Waals surface area contributed by atoms with Crippen LogP contribution in [0.25, 0.3) is 0 Å². The SMILES string of the molecule is COc1ccc(Cc2cncnc2)c(OC)c1. The molecule has 17 heavy (non-hydrogen) atoms. The van der Waals surface area contributed by atoms with Gasteiger partial charge in [-0.15, -0.1) is 0 Å². The van der Waals surface area contributed by atoms with Gasteiger partial charge in [0.2, 0.25) is 0 Å². The molecule has 2 aromatic rings. The molecule has 0 unspecified atom stereocenters. The topological polar surface area (TPSA) is 44.2 Å². The molecule has 0 aliphatic carbocycles. The standard InChI is InChI=1S/C13H14N2O2/c1-16-12-4-3-11(13(6-12)17-2)5-10-7-14-9-15-8-10/h3-4,6-9H,5H2,1-2H3. The van der Waals surface area contributed by atoms with Gasteiger partial charge in [-0.1, -0.05) is 6.07 Å². The van der Waals surface area contributed by atoms with E-state index in [0.717, 1.165) is 29.0 Å². The van der Waals surface area contributed by atoms with Crippen molar-refractivity contribution in [2.45, 2.75) is 6.42 Å². The number of ether oxygens (including phenoxy) is 2. The van der Waals surface area contributed by atoms with Gasteiger partial charge in [0.05, 0.1) is 14.2 Å². The Morgan fingerprint density at radius 1 is 1.06 bits per heavy atom. The second-order valence-electron chi connectivity index (χ2n) is 3.60. The van der Waals surface area contributed by atoms with Gasteiger partial charge < -0.3 is 9.47 Å². The molecule has 2 rings (SSSR count). The smallest absolute Gasteiger partial charge is 0.126 e. The molecule has 0 aliphatic rings. The minimum Gasteiger partial charge on any atom is -0.497 e. The molecule has 0 spiro atoms. The molecule has 0 bridgehead atoms. The first-order valence-corrected chi connectivity index (χ1v) is 5.28. The molecule has 0 atom stereocenters. The predicted octanol–water partition coefficient (Wildman–Crippen LogP) is 2.08. The van der Waals surface area contributed by atoms with Gasteiger partial charge in [-0.3, -0.25) is 0 Å². The number of hydrogen-bond acceptors (Lipinski definition) is 4. The number of aromatic nitrogens is 2. The molecule has 0 amide bonds. The molecule has 1 aromatic carbocycles. The fourth-order valence-electron chi connectivity index (χ4n) is 1.64. The Morgan fingerprint density at radius 3 is 2.47 bits per heavy atom. The summed E-state index contributed by atoms with van der Waals surface area (Å²) in [6.07, 6.45) is 5.87. The van der Waals surface area contributed by atoms with Crippen LogP contribution in [-0.2, 0) is 6.42 Å². The second kappa shape index (κ2) is 5.30. The zero-order valence-electron chi connectivity index (χ0n) is 9.88. The third-order valence-corrected chi connectivity index (χ3v) is 2.50. The van der Waals surface area contributed by atoms with Gasteiger partial charge in [0.15, 0.2) is 0 Å². The Kier molecular flexibility index (Phi) is 3.55. The summed E-state index contributed by atoms with van der Waals surface area (Å²) in [6, 6.07) is 5.78. The number of hydrogen-bond donors (Lipinski definition) is 0. The van der Waals surface area contributed by atoms with Crippen LogP contribution in [0.15, 0.2) is 36.9 Å². The highest BCUT2D eigenvalue weighted by Crippen LogP contribution is 2.26. The maximum absolute atomic E-state index is 5.34. The number of methoxy groups -OCH3 is 2. The Bertz CT molecular complexity index is 486. The lowest BCUT2D eigenvalue weighted by Crippen LogP contribution is -1.96. The van der Waals surface area contributed by atoms with Gasteiger partial charge in [-0.25, -0.2) is 9.97 Å². The first-order valence-electron chi connectivity index (χ1n) is 5.28. The Balaban J connectivity index is 2.26. The van der Waals surface area contributed by atoms with E-state index in [-0.39, 0.29) is 0 Å². The van der Waals surface area contributed by atoms with Crippen LogP contribution in [0.2, 0.25) is 0 Å². The van der Waals surface area contributed by atoms with Crippen molar-refractivity contribution >= 4 is 0 Å². The lowest BCUT2D eigenvalue weighted by Gasteiger charge is -2.09. The summed E-state index contributed by atoms with van der Waals surface area (Å²) in [5, 5.41) is 0. The van der Waals surface area contributed by atoms with Crippen LogP contribution >= 0.6 is 0 Å². The van der Waals surface area contributed by atoms with Crippen molar-refractivity contribution in [2.75, 3.05) is 14.2 Å². The lowest BCUT2D eigenvalue weighted by atomic mass is 10.1. The van der Waals surface area contributed by atoms with Crippen LogP contribution in [-0.4, -0.2) is 24.2 Å². The normalized spacial score (nSPS) is 10.0. The van der Waals surface area contributed by atoms with Crippen molar-refractivity contribution < 1.29 is 9.47 Å². The van der Waals surface area contributed by atoms with Crippen molar-refractivity contribution in [3.8, 4) is 11.5 Å². The van der Waals surface area contributed by atoms with Gasteiger partial charge in [0, 0.05) is 24.9 Å². The average Bonchev–Trinajstić information content (AvgIpc) is 2.40. The summed E-state index contributed by atoms with van der Waals surface area (Å²) >= 11 is 0. The molecule has 4 heteroatoms. The molecule has 0 saturated carbocycles. The van der Waals surface area contributed by atoms with E-state index in [2.05, 4.69) is 9.97 Å². The van der Waals surface area contributed by atoms with Crippen LogP contribution in [0.1, 0.15) is 11.1 Å². The summed E-state index contributed by atoms with van der Waals surface area (Å²) in [7, 11) is 3.29. The van der Waals surface area contributed by atoms with Crippen LogP contribution < -0.4 is 9.47 Å². The fraction of sp³-hybridized carbons (Fsp3) is 0.231. The molecule has 0 radical (unpaired) electrons. The summed E-state index contributed by atoms with van der Waals surface area (Å²) in [6.45, 7) is 0. The van der Waals surface area contributed by atoms with E-state index in [1.807, 2.05) is 18.2 Å². The molecule has 1 aromatic heterocycles. The van der Waals surface area contributed by atoms with Crippen molar-refractivity contribution in [1.82, 2.24) is 9.97 Å². The quantitative estimate of drug-likeness (QED) is 0.806. The third-order valence-electron chi connectivity index (χ3n) is 2.50. The second-order valence-corrected chi connectivity index (χ2v) is 3.60. The van der Waals surface area contributed by atoms with E-state index in [4.69, 9.17) is 9.47 Å². The van der Waals surface area contributed by atoms with Crippen LogP contribution in [0.3, 0.4) is 0 Å². The first-order chi connectivity index (χ1) is 8.33. The summed E-state index contributed by atoms with van der Waals surface area (Å²) in [4.78, 5) is 7.99. The minimum absolute atomic E-state index is 0.744. The molecule has 4 nitrogen and oxygen atoms in total. The van der Waals surface area contributed by atoms with Crippen molar-refractivity contribution in [3.05, 3.63) is 48.0 Å². The molecule has 0 N–H and O–H groups in total. The molecular weight excluding hydrogens is 216 g/mol. The highest BCUT2D eigenvalue weighted by atomic mass is 16.5. The van der Waals surface area contributed by atoms with Crippen molar-refractivity contribution in [1.29, 1.82) is 0 Å². The fourth-order valence-corrected chi connectivity index (χ4v) is 1.64. The van der Waals surface area contributed by atoms with Crippen molar-refractivity contribution in [3.63, 3.8) is 0 Å². The third kappa shape index (κ3) is 2.72. The zero-order valence-corrected chi connectivity index (χ0v) is 9.88. The van der Waals surface area contributed by atoms with Gasteiger partial charge in [0.1, 0.15) is 17.8 Å². The van der Waals surface area contributed by atoms with Gasteiger partial charge in [-0.05, 0) is 17.2 Å². The molecule has 1 heterocycles. The molecular formula is C13H14N2O2. The van der Waals surface area contributed by atoms with Gasteiger partial charge in [0.25, 0.3) is 0 Å². The highest BCUT2D eigenvalue weighted by Gasteiger charge is 2.06. The molecule has 0 aliphatic heterocycles. The lowest BCUT2D eigenvalue weighted by molar-refractivity contribution is 0.391. The Morgan fingerprint density at radius 2 is 1.82 bits per heavy atom. The molecule has 88 valence electrons. The van der Waals surface area contributed by atoms with Crippen molar-refractivity contribution in [2.24, 2.45) is 0 Å². The molecule has 0 fully saturated rings. The van der Waals surface area contributed by atoms with E-state index in [1.54, 1.807) is 26.6 Å². The van der Waals surface area contributed by atoms with E-state index < -0.39 is 0 Å². The van der Waals surface area contributed by atoms with E-state index in [0.29, 0.717) is 0 Å². The molecule has 0 saturated heterocycles. The average molecular weight is 230 g/mol. The van der Waals surface area contributed by atoms with E-state index in [1.165, 1.54) is 6.33 Å². The minimum atomic E-state index is 0.744.